The summed E-state index contributed by atoms with van der Waals surface area (Å²) in [5, 5.41) is 2.16. The van der Waals surface area contributed by atoms with Crippen molar-refractivity contribution in [3.63, 3.8) is 0 Å². The van der Waals surface area contributed by atoms with E-state index in [1.54, 1.807) is 0 Å². The zero-order valence-electron chi connectivity index (χ0n) is 7.73. The van der Waals surface area contributed by atoms with E-state index in [4.69, 9.17) is 0 Å². The molecule has 68 valence electrons. The summed E-state index contributed by atoms with van der Waals surface area (Å²) in [6, 6.07) is 2.68. The van der Waals surface area contributed by atoms with Gasteiger partial charge in [0.2, 0.25) is 0 Å². The number of thiophene rings is 1. The molecule has 0 spiro atoms. The largest absolute Gasteiger partial charge is 0.372 e. The number of nitrogens with zero attached hydrogens (tertiary/aromatic N) is 1. The van der Waals surface area contributed by atoms with E-state index >= 15 is 0 Å². The van der Waals surface area contributed by atoms with Crippen molar-refractivity contribution in [1.29, 1.82) is 0 Å². The first-order valence-corrected chi connectivity index (χ1v) is 5.29. The van der Waals surface area contributed by atoms with Gasteiger partial charge in [-0.1, -0.05) is 6.08 Å². The van der Waals surface area contributed by atoms with Crippen molar-refractivity contribution in [3.8, 4) is 0 Å². The maximum Gasteiger partial charge on any atom is 0.0666 e. The lowest BCUT2D eigenvalue weighted by molar-refractivity contribution is 0.341. The predicted molar refractivity (Wildman–Crippen MR) is 58.7 cm³/mol. The van der Waals surface area contributed by atoms with E-state index in [1.165, 1.54) is 10.4 Å². The second kappa shape index (κ2) is 3.38. The van der Waals surface area contributed by atoms with E-state index in [1.807, 2.05) is 17.4 Å². The Morgan fingerprint density at radius 2 is 2.54 bits per heavy atom. The lowest BCUT2D eigenvalue weighted by Crippen LogP contribution is -2.20. The van der Waals surface area contributed by atoms with E-state index in [-0.39, 0.29) is 0 Å². The Hall–Kier alpha value is -1.02. The molecule has 0 aliphatic carbocycles. The van der Waals surface area contributed by atoms with Crippen LogP contribution in [0.5, 0.6) is 0 Å². The Bertz CT molecular complexity index is 338. The molecule has 1 atom stereocenters. The Balaban J connectivity index is 2.36. The highest BCUT2D eigenvalue weighted by molar-refractivity contribution is 7.10. The van der Waals surface area contributed by atoms with E-state index in [9.17, 15) is 0 Å². The van der Waals surface area contributed by atoms with Gasteiger partial charge in [-0.3, -0.25) is 0 Å². The third-order valence-corrected chi connectivity index (χ3v) is 3.43. The first-order chi connectivity index (χ1) is 6.33. The van der Waals surface area contributed by atoms with Gasteiger partial charge in [-0.2, -0.15) is 0 Å². The minimum absolute atomic E-state index is 0.498. The van der Waals surface area contributed by atoms with Gasteiger partial charge in [0.05, 0.1) is 6.04 Å². The highest BCUT2D eigenvalue weighted by atomic mass is 32.1. The first-order valence-electron chi connectivity index (χ1n) is 4.41. The molecule has 0 aromatic carbocycles. The molecule has 0 fully saturated rings. The fourth-order valence-electron chi connectivity index (χ4n) is 1.66. The molecule has 0 N–H and O–H groups in total. The molecule has 0 saturated carbocycles. The summed E-state index contributed by atoms with van der Waals surface area (Å²) in [6.07, 6.45) is 7.33. The molecule has 1 nitrogen and oxygen atoms in total. The average molecular weight is 191 g/mol. The van der Waals surface area contributed by atoms with Gasteiger partial charge in [-0.15, -0.1) is 17.9 Å². The van der Waals surface area contributed by atoms with Crippen LogP contribution in [-0.4, -0.2) is 11.9 Å². The van der Waals surface area contributed by atoms with Gasteiger partial charge in [0, 0.05) is 11.9 Å². The summed E-state index contributed by atoms with van der Waals surface area (Å²) < 4.78 is 0. The maximum absolute atomic E-state index is 3.80. The van der Waals surface area contributed by atoms with Crippen molar-refractivity contribution in [2.75, 3.05) is 7.05 Å². The van der Waals surface area contributed by atoms with Crippen molar-refractivity contribution in [3.05, 3.63) is 40.7 Å². The molecule has 0 radical (unpaired) electrons. The van der Waals surface area contributed by atoms with Gasteiger partial charge in [0.15, 0.2) is 0 Å². The van der Waals surface area contributed by atoms with Gasteiger partial charge in [0.1, 0.15) is 0 Å². The standard InChI is InChI=1S/C11H13NS/c1-3-4-10-11-9(6-8-13-11)5-7-12(10)2/h3,5-8,10H,1,4H2,2H3. The van der Waals surface area contributed by atoms with Gasteiger partial charge < -0.3 is 4.90 Å². The lowest BCUT2D eigenvalue weighted by Gasteiger charge is -2.28. The third kappa shape index (κ3) is 1.42. The van der Waals surface area contributed by atoms with Crippen molar-refractivity contribution >= 4 is 17.4 Å². The summed E-state index contributed by atoms with van der Waals surface area (Å²) in [5.74, 6) is 0. The minimum Gasteiger partial charge on any atom is -0.372 e. The van der Waals surface area contributed by atoms with Crippen LogP contribution in [0.3, 0.4) is 0 Å². The fourth-order valence-corrected chi connectivity index (χ4v) is 2.71. The molecular weight excluding hydrogens is 178 g/mol. The molecule has 2 heteroatoms. The van der Waals surface area contributed by atoms with Crippen LogP contribution in [0, 0.1) is 0 Å². The Morgan fingerprint density at radius 3 is 3.31 bits per heavy atom. The summed E-state index contributed by atoms with van der Waals surface area (Å²) in [7, 11) is 2.12. The van der Waals surface area contributed by atoms with E-state index in [0.29, 0.717) is 6.04 Å². The van der Waals surface area contributed by atoms with Crippen molar-refractivity contribution in [2.45, 2.75) is 12.5 Å². The average Bonchev–Trinajstić information content (AvgIpc) is 2.58. The number of fused-ring (bicyclic) bond motifs is 1. The molecule has 0 amide bonds. The lowest BCUT2D eigenvalue weighted by atomic mass is 10.0. The van der Waals surface area contributed by atoms with Crippen molar-refractivity contribution in [1.82, 2.24) is 4.90 Å². The monoisotopic (exact) mass is 191 g/mol. The second-order valence-electron chi connectivity index (χ2n) is 3.26. The van der Waals surface area contributed by atoms with Gasteiger partial charge in [0.25, 0.3) is 0 Å². The second-order valence-corrected chi connectivity index (χ2v) is 4.21. The molecule has 1 aromatic rings. The summed E-state index contributed by atoms with van der Waals surface area (Å²) in [4.78, 5) is 3.71. The Labute approximate surface area is 83.0 Å². The molecule has 13 heavy (non-hydrogen) atoms. The zero-order valence-corrected chi connectivity index (χ0v) is 8.55. The number of rotatable bonds is 2. The molecular formula is C11H13NS. The number of hydrogen-bond acceptors (Lipinski definition) is 2. The molecule has 1 aliphatic rings. The summed E-state index contributed by atoms with van der Waals surface area (Å²) in [6.45, 7) is 3.80. The third-order valence-electron chi connectivity index (χ3n) is 2.40. The van der Waals surface area contributed by atoms with E-state index < -0.39 is 0 Å². The SMILES string of the molecule is C=CCC1c2sccc2C=CN1C. The maximum atomic E-state index is 3.80. The Kier molecular flexibility index (Phi) is 2.23. The molecule has 0 bridgehead atoms. The predicted octanol–water partition coefficient (Wildman–Crippen LogP) is 3.28. The quantitative estimate of drug-likeness (QED) is 0.648. The smallest absolute Gasteiger partial charge is 0.0666 e. The van der Waals surface area contributed by atoms with Crippen LogP contribution in [0.15, 0.2) is 30.3 Å². The van der Waals surface area contributed by atoms with Crippen LogP contribution in [0.1, 0.15) is 22.9 Å². The zero-order chi connectivity index (χ0) is 9.26. The molecule has 2 heterocycles. The van der Waals surface area contributed by atoms with Crippen LogP contribution in [-0.2, 0) is 0 Å². The highest BCUT2D eigenvalue weighted by Crippen LogP contribution is 2.35. The van der Waals surface area contributed by atoms with Crippen LogP contribution in [0.2, 0.25) is 0 Å². The van der Waals surface area contributed by atoms with Crippen molar-refractivity contribution in [2.24, 2.45) is 0 Å². The summed E-state index contributed by atoms with van der Waals surface area (Å²) in [5.41, 5.74) is 1.37. The molecule has 2 rings (SSSR count). The van der Waals surface area contributed by atoms with E-state index in [2.05, 4.69) is 42.2 Å². The number of hydrogen-bond donors (Lipinski definition) is 0. The summed E-state index contributed by atoms with van der Waals surface area (Å²) >= 11 is 1.84. The van der Waals surface area contributed by atoms with Crippen molar-refractivity contribution < 1.29 is 0 Å². The highest BCUT2D eigenvalue weighted by Gasteiger charge is 2.20. The van der Waals surface area contributed by atoms with Crippen LogP contribution in [0.4, 0.5) is 0 Å². The minimum atomic E-state index is 0.498. The van der Waals surface area contributed by atoms with E-state index in [0.717, 1.165) is 6.42 Å². The normalized spacial score (nSPS) is 20.1. The van der Waals surface area contributed by atoms with Gasteiger partial charge in [-0.25, -0.2) is 0 Å². The fraction of sp³-hybridized carbons (Fsp3) is 0.273. The van der Waals surface area contributed by atoms with Crippen LogP contribution < -0.4 is 0 Å². The van der Waals surface area contributed by atoms with Gasteiger partial charge >= 0.3 is 0 Å². The van der Waals surface area contributed by atoms with Crippen LogP contribution >= 0.6 is 11.3 Å². The molecule has 0 saturated heterocycles. The molecule has 1 aliphatic heterocycles. The topological polar surface area (TPSA) is 3.24 Å². The van der Waals surface area contributed by atoms with Gasteiger partial charge in [-0.05, 0) is 35.7 Å². The van der Waals surface area contributed by atoms with Crippen LogP contribution in [0.25, 0.3) is 6.08 Å². The molecule has 1 aromatic heterocycles. The first kappa shape index (κ1) is 8.57. The Morgan fingerprint density at radius 1 is 1.69 bits per heavy atom. The molecule has 1 unspecified atom stereocenters.